The van der Waals surface area contributed by atoms with Crippen LogP contribution in [0.2, 0.25) is 5.02 Å². The zero-order chi connectivity index (χ0) is 18.7. The van der Waals surface area contributed by atoms with Crippen molar-refractivity contribution in [3.8, 4) is 0 Å². The van der Waals surface area contributed by atoms with Crippen molar-refractivity contribution in [3.05, 3.63) is 64.7 Å². The Kier molecular flexibility index (Phi) is 5.58. The number of aryl methyl sites for hydroxylation is 1. The molecule has 1 saturated heterocycles. The number of nitrogens with one attached hydrogen (secondary N) is 1. The first-order valence-corrected chi connectivity index (χ1v) is 9.49. The van der Waals surface area contributed by atoms with Gasteiger partial charge in [-0.15, -0.1) is 11.8 Å². The zero-order valence-corrected chi connectivity index (χ0v) is 16.2. The molecular formula is C20H20ClNO3S. The second kappa shape index (κ2) is 7.72. The van der Waals surface area contributed by atoms with Crippen LogP contribution in [0.3, 0.4) is 0 Å². The molecule has 1 heterocycles. The predicted octanol–water partition coefficient (Wildman–Crippen LogP) is 4.30. The Morgan fingerprint density at radius 1 is 1.31 bits per heavy atom. The molecule has 2 aromatic carbocycles. The Hall–Kier alpha value is -1.98. The minimum absolute atomic E-state index is 0.0847. The molecule has 0 bridgehead atoms. The van der Waals surface area contributed by atoms with Crippen molar-refractivity contribution in [2.75, 3.05) is 7.11 Å². The lowest BCUT2D eigenvalue weighted by Crippen LogP contribution is -2.35. The van der Waals surface area contributed by atoms with Crippen molar-refractivity contribution in [2.45, 2.75) is 35.4 Å². The maximum atomic E-state index is 12.3. The molecule has 1 aliphatic rings. The first-order chi connectivity index (χ1) is 12.4. The summed E-state index contributed by atoms with van der Waals surface area (Å²) in [5.41, 5.74) is 2.04. The number of benzene rings is 2. The van der Waals surface area contributed by atoms with Gasteiger partial charge in [-0.25, -0.2) is 0 Å². The molecule has 3 rings (SSSR count). The molecule has 0 aliphatic carbocycles. The van der Waals surface area contributed by atoms with E-state index in [2.05, 4.69) is 5.32 Å². The molecule has 136 valence electrons. The van der Waals surface area contributed by atoms with E-state index in [4.69, 9.17) is 16.3 Å². The van der Waals surface area contributed by atoms with Gasteiger partial charge in [-0.2, -0.15) is 0 Å². The smallest absolute Gasteiger partial charge is 0.307 e. The highest BCUT2D eigenvalue weighted by atomic mass is 35.5. The van der Waals surface area contributed by atoms with Crippen LogP contribution in [-0.4, -0.2) is 23.7 Å². The van der Waals surface area contributed by atoms with Gasteiger partial charge in [-0.05, 0) is 36.8 Å². The number of esters is 1. The molecule has 1 fully saturated rings. The number of thioether (sulfide) groups is 1. The van der Waals surface area contributed by atoms with E-state index in [0.717, 1.165) is 16.0 Å². The van der Waals surface area contributed by atoms with Crippen molar-refractivity contribution in [3.63, 3.8) is 0 Å². The predicted molar refractivity (Wildman–Crippen MR) is 103 cm³/mol. The molecule has 2 aromatic rings. The fraction of sp³-hybridized carbons (Fsp3) is 0.300. The topological polar surface area (TPSA) is 55.4 Å². The molecule has 0 radical (unpaired) electrons. The third kappa shape index (κ3) is 4.05. The SMILES string of the molecule is COC(=O)C[C@@]1(Sc2ccc(C)cc2)CC(=O)N[C@@H]1c1cccc(Cl)c1. The second-order valence-electron chi connectivity index (χ2n) is 6.47. The first kappa shape index (κ1) is 18.8. The Balaban J connectivity index is 2.03. The average molecular weight is 390 g/mol. The van der Waals surface area contributed by atoms with Gasteiger partial charge in [0.1, 0.15) is 0 Å². The van der Waals surface area contributed by atoms with Gasteiger partial charge in [0.25, 0.3) is 0 Å². The summed E-state index contributed by atoms with van der Waals surface area (Å²) in [6.45, 7) is 2.02. The number of hydrogen-bond acceptors (Lipinski definition) is 4. The number of hydrogen-bond donors (Lipinski definition) is 1. The minimum atomic E-state index is -0.676. The zero-order valence-electron chi connectivity index (χ0n) is 14.6. The largest absolute Gasteiger partial charge is 0.469 e. The Bertz CT molecular complexity index is 824. The summed E-state index contributed by atoms with van der Waals surface area (Å²) >= 11 is 7.69. The van der Waals surface area contributed by atoms with Crippen LogP contribution in [0.5, 0.6) is 0 Å². The van der Waals surface area contributed by atoms with Gasteiger partial charge in [-0.1, -0.05) is 41.4 Å². The van der Waals surface area contributed by atoms with Crippen LogP contribution >= 0.6 is 23.4 Å². The van der Waals surface area contributed by atoms with Gasteiger partial charge in [0, 0.05) is 16.3 Å². The average Bonchev–Trinajstić information content (AvgIpc) is 2.92. The van der Waals surface area contributed by atoms with Gasteiger partial charge in [0.05, 0.1) is 24.3 Å². The summed E-state index contributed by atoms with van der Waals surface area (Å²) < 4.78 is 4.24. The molecule has 1 amide bonds. The molecule has 0 spiro atoms. The summed E-state index contributed by atoms with van der Waals surface area (Å²) in [6, 6.07) is 15.1. The quantitative estimate of drug-likeness (QED) is 0.774. The monoisotopic (exact) mass is 389 g/mol. The van der Waals surface area contributed by atoms with Crippen LogP contribution in [0.15, 0.2) is 53.4 Å². The number of carbonyl (C=O) groups excluding carboxylic acids is 2. The molecular weight excluding hydrogens is 370 g/mol. The first-order valence-electron chi connectivity index (χ1n) is 8.29. The van der Waals surface area contributed by atoms with Crippen LogP contribution in [0.25, 0.3) is 0 Å². The summed E-state index contributed by atoms with van der Waals surface area (Å²) in [6.07, 6.45) is 0.357. The lowest BCUT2D eigenvalue weighted by molar-refractivity contribution is -0.141. The molecule has 1 N–H and O–H groups in total. The molecule has 0 saturated carbocycles. The standard InChI is InChI=1S/C20H20ClNO3S/c1-13-6-8-16(9-7-13)26-20(12-18(24)25-2)11-17(23)22-19(20)14-4-3-5-15(21)10-14/h3-10,19H,11-12H2,1-2H3,(H,22,23)/t19-,20+/m1/s1. The highest BCUT2D eigenvalue weighted by Gasteiger charge is 2.50. The Morgan fingerprint density at radius 2 is 2.04 bits per heavy atom. The third-order valence-electron chi connectivity index (χ3n) is 4.49. The normalized spacial score (nSPS) is 22.1. The number of halogens is 1. The lowest BCUT2D eigenvalue weighted by atomic mass is 9.90. The molecule has 0 aromatic heterocycles. The van der Waals surface area contributed by atoms with Crippen LogP contribution in [0.1, 0.15) is 30.0 Å². The van der Waals surface area contributed by atoms with E-state index in [1.165, 1.54) is 18.9 Å². The van der Waals surface area contributed by atoms with E-state index >= 15 is 0 Å². The van der Waals surface area contributed by atoms with E-state index in [1.54, 1.807) is 6.07 Å². The summed E-state index contributed by atoms with van der Waals surface area (Å²) in [5.74, 6) is -0.424. The van der Waals surface area contributed by atoms with Crippen molar-refractivity contribution in [2.24, 2.45) is 0 Å². The van der Waals surface area contributed by atoms with Gasteiger partial charge >= 0.3 is 5.97 Å². The van der Waals surface area contributed by atoms with Gasteiger partial charge in [0.15, 0.2) is 0 Å². The van der Waals surface area contributed by atoms with Crippen LogP contribution in [-0.2, 0) is 14.3 Å². The highest BCUT2D eigenvalue weighted by molar-refractivity contribution is 8.00. The van der Waals surface area contributed by atoms with E-state index in [-0.39, 0.29) is 30.8 Å². The second-order valence-corrected chi connectivity index (χ2v) is 8.39. The molecule has 4 nitrogen and oxygen atoms in total. The number of ether oxygens (including phenoxy) is 1. The fourth-order valence-corrected chi connectivity index (χ4v) is 4.89. The summed E-state index contributed by atoms with van der Waals surface area (Å²) in [4.78, 5) is 25.5. The molecule has 6 heteroatoms. The van der Waals surface area contributed by atoms with E-state index in [1.807, 2.05) is 49.4 Å². The van der Waals surface area contributed by atoms with Crippen molar-refractivity contribution >= 4 is 35.2 Å². The van der Waals surface area contributed by atoms with Gasteiger partial charge in [-0.3, -0.25) is 9.59 Å². The van der Waals surface area contributed by atoms with Crippen LogP contribution in [0, 0.1) is 6.92 Å². The number of methoxy groups -OCH3 is 1. The van der Waals surface area contributed by atoms with E-state index < -0.39 is 4.75 Å². The van der Waals surface area contributed by atoms with Crippen molar-refractivity contribution in [1.82, 2.24) is 5.32 Å². The molecule has 1 aliphatic heterocycles. The highest BCUT2D eigenvalue weighted by Crippen LogP contribution is 2.50. The van der Waals surface area contributed by atoms with E-state index in [0.29, 0.717) is 5.02 Å². The van der Waals surface area contributed by atoms with Crippen LogP contribution in [0.4, 0.5) is 0 Å². The van der Waals surface area contributed by atoms with E-state index in [9.17, 15) is 9.59 Å². The molecule has 0 unspecified atom stereocenters. The van der Waals surface area contributed by atoms with Crippen molar-refractivity contribution < 1.29 is 14.3 Å². The van der Waals surface area contributed by atoms with Gasteiger partial charge < -0.3 is 10.1 Å². The van der Waals surface area contributed by atoms with Gasteiger partial charge in [0.2, 0.25) is 5.91 Å². The maximum Gasteiger partial charge on any atom is 0.307 e. The summed E-state index contributed by atoms with van der Waals surface area (Å²) in [5, 5.41) is 3.62. The number of amides is 1. The van der Waals surface area contributed by atoms with Crippen molar-refractivity contribution in [1.29, 1.82) is 0 Å². The molecule has 2 atom stereocenters. The fourth-order valence-electron chi connectivity index (χ4n) is 3.24. The number of carbonyl (C=O) groups is 2. The minimum Gasteiger partial charge on any atom is -0.469 e. The molecule has 26 heavy (non-hydrogen) atoms. The Labute approximate surface area is 162 Å². The lowest BCUT2D eigenvalue weighted by Gasteiger charge is -2.33. The maximum absolute atomic E-state index is 12.3. The third-order valence-corrected chi connectivity index (χ3v) is 6.16. The van der Waals surface area contributed by atoms with Crippen LogP contribution < -0.4 is 5.32 Å². The number of rotatable bonds is 5. The summed E-state index contributed by atoms with van der Waals surface area (Å²) in [7, 11) is 1.37. The Morgan fingerprint density at radius 3 is 2.69 bits per heavy atom.